The molecule has 23 heavy (non-hydrogen) atoms. The maximum atomic E-state index is 12.2. The third-order valence-electron chi connectivity index (χ3n) is 3.15. The van der Waals surface area contributed by atoms with Crippen LogP contribution in [0.25, 0.3) is 0 Å². The number of benzene rings is 1. The van der Waals surface area contributed by atoms with Gasteiger partial charge in [0, 0.05) is 4.88 Å². The molecule has 0 saturated heterocycles. The van der Waals surface area contributed by atoms with Crippen LogP contribution in [0.1, 0.15) is 34.1 Å². The zero-order valence-corrected chi connectivity index (χ0v) is 14.8. The molecule has 2 aromatic rings. The van der Waals surface area contributed by atoms with Crippen LogP contribution < -0.4 is 11.1 Å². The van der Waals surface area contributed by atoms with Gasteiger partial charge in [0.15, 0.2) is 0 Å². The highest BCUT2D eigenvalue weighted by atomic mass is 35.5. The third kappa shape index (κ3) is 4.70. The van der Waals surface area contributed by atoms with Crippen molar-refractivity contribution in [1.29, 1.82) is 0 Å². The number of carbonyl (C=O) groups excluding carboxylic acids is 2. The first-order chi connectivity index (χ1) is 10.9. The second-order valence-electron chi connectivity index (χ2n) is 5.04. The lowest BCUT2D eigenvalue weighted by Gasteiger charge is -2.05. The van der Waals surface area contributed by atoms with Crippen molar-refractivity contribution in [3.8, 4) is 0 Å². The molecule has 0 saturated carbocycles. The Morgan fingerprint density at radius 3 is 2.57 bits per heavy atom. The summed E-state index contributed by atoms with van der Waals surface area (Å²) in [5, 5.41) is 4.09. The molecule has 1 heterocycles. The van der Waals surface area contributed by atoms with Crippen LogP contribution in [-0.2, 0) is 17.6 Å². The lowest BCUT2D eigenvalue weighted by Crippen LogP contribution is -2.17. The Morgan fingerprint density at radius 1 is 1.22 bits per heavy atom. The SMILES string of the molecule is CCCc1cc(C(N)=O)c(NC(=O)Cc2ccc(Cl)c(Cl)c2)s1. The summed E-state index contributed by atoms with van der Waals surface area (Å²) in [6.45, 7) is 2.05. The van der Waals surface area contributed by atoms with E-state index in [2.05, 4.69) is 5.32 Å². The number of rotatable bonds is 6. The van der Waals surface area contributed by atoms with Gasteiger partial charge in [-0.25, -0.2) is 0 Å². The Balaban J connectivity index is 2.12. The van der Waals surface area contributed by atoms with Crippen molar-refractivity contribution in [3.63, 3.8) is 0 Å². The Morgan fingerprint density at radius 2 is 1.96 bits per heavy atom. The first-order valence-electron chi connectivity index (χ1n) is 7.07. The average Bonchev–Trinajstić information content (AvgIpc) is 2.86. The number of halogens is 2. The quantitative estimate of drug-likeness (QED) is 0.795. The van der Waals surface area contributed by atoms with Gasteiger partial charge < -0.3 is 11.1 Å². The van der Waals surface area contributed by atoms with E-state index in [1.54, 1.807) is 24.3 Å². The number of thiophene rings is 1. The minimum atomic E-state index is -0.548. The summed E-state index contributed by atoms with van der Waals surface area (Å²) < 4.78 is 0. The molecule has 0 spiro atoms. The molecule has 2 amide bonds. The summed E-state index contributed by atoms with van der Waals surface area (Å²) >= 11 is 13.2. The van der Waals surface area contributed by atoms with E-state index in [4.69, 9.17) is 28.9 Å². The van der Waals surface area contributed by atoms with E-state index in [9.17, 15) is 9.59 Å². The molecule has 0 unspecified atom stereocenters. The van der Waals surface area contributed by atoms with E-state index >= 15 is 0 Å². The number of carbonyl (C=O) groups is 2. The number of nitrogens with one attached hydrogen (secondary N) is 1. The summed E-state index contributed by atoms with van der Waals surface area (Å²) in [5.74, 6) is -0.788. The molecule has 3 N–H and O–H groups in total. The van der Waals surface area contributed by atoms with Gasteiger partial charge in [-0.3, -0.25) is 9.59 Å². The molecule has 0 aliphatic rings. The number of hydrogen-bond acceptors (Lipinski definition) is 3. The Bertz CT molecular complexity index is 744. The van der Waals surface area contributed by atoms with Gasteiger partial charge in [0.05, 0.1) is 22.0 Å². The molecular formula is C16H16Cl2N2O2S. The Hall–Kier alpha value is -1.56. The first-order valence-corrected chi connectivity index (χ1v) is 8.64. The third-order valence-corrected chi connectivity index (χ3v) is 5.00. The Kier molecular flexibility index (Phi) is 6.04. The number of hydrogen-bond donors (Lipinski definition) is 2. The summed E-state index contributed by atoms with van der Waals surface area (Å²) in [6.07, 6.45) is 1.93. The molecule has 2 rings (SSSR count). The summed E-state index contributed by atoms with van der Waals surface area (Å²) in [7, 11) is 0. The molecule has 1 aromatic carbocycles. The molecule has 0 aliphatic heterocycles. The van der Waals surface area contributed by atoms with Crippen molar-refractivity contribution in [2.45, 2.75) is 26.2 Å². The molecule has 122 valence electrons. The van der Waals surface area contributed by atoms with Gasteiger partial charge in [0.25, 0.3) is 5.91 Å². The number of nitrogens with two attached hydrogens (primary N) is 1. The van der Waals surface area contributed by atoms with E-state index in [1.165, 1.54) is 11.3 Å². The van der Waals surface area contributed by atoms with Gasteiger partial charge in [0.2, 0.25) is 5.91 Å². The topological polar surface area (TPSA) is 72.2 Å². The highest BCUT2D eigenvalue weighted by Gasteiger charge is 2.16. The molecule has 0 aliphatic carbocycles. The zero-order chi connectivity index (χ0) is 17.0. The predicted molar refractivity (Wildman–Crippen MR) is 95.6 cm³/mol. The zero-order valence-electron chi connectivity index (χ0n) is 12.5. The van der Waals surface area contributed by atoms with Gasteiger partial charge in [-0.15, -0.1) is 11.3 Å². The normalized spacial score (nSPS) is 10.6. The van der Waals surface area contributed by atoms with Crippen LogP contribution in [0.15, 0.2) is 24.3 Å². The van der Waals surface area contributed by atoms with Gasteiger partial charge >= 0.3 is 0 Å². The van der Waals surface area contributed by atoms with Crippen molar-refractivity contribution in [2.75, 3.05) is 5.32 Å². The van der Waals surface area contributed by atoms with Crippen molar-refractivity contribution in [1.82, 2.24) is 0 Å². The summed E-state index contributed by atoms with van der Waals surface area (Å²) in [4.78, 5) is 24.7. The number of amides is 2. The molecule has 0 radical (unpaired) electrons. The monoisotopic (exact) mass is 370 g/mol. The van der Waals surface area contributed by atoms with Crippen LogP contribution in [0.2, 0.25) is 10.0 Å². The fraction of sp³-hybridized carbons (Fsp3) is 0.250. The molecule has 0 fully saturated rings. The van der Waals surface area contributed by atoms with Crippen LogP contribution in [0.5, 0.6) is 0 Å². The number of primary amides is 1. The second-order valence-corrected chi connectivity index (χ2v) is 6.99. The van der Waals surface area contributed by atoms with Crippen molar-refractivity contribution in [3.05, 3.63) is 50.3 Å². The molecule has 4 nitrogen and oxygen atoms in total. The number of anilines is 1. The molecule has 0 atom stereocenters. The van der Waals surface area contributed by atoms with Gasteiger partial charge in [0.1, 0.15) is 5.00 Å². The van der Waals surface area contributed by atoms with Crippen LogP contribution >= 0.6 is 34.5 Å². The van der Waals surface area contributed by atoms with Crippen LogP contribution in [0.4, 0.5) is 5.00 Å². The maximum absolute atomic E-state index is 12.2. The highest BCUT2D eigenvalue weighted by molar-refractivity contribution is 7.16. The predicted octanol–water partition coefficient (Wildman–Crippen LogP) is 4.29. The number of aryl methyl sites for hydroxylation is 1. The fourth-order valence-corrected chi connectivity index (χ4v) is 3.59. The van der Waals surface area contributed by atoms with E-state index in [0.29, 0.717) is 20.6 Å². The van der Waals surface area contributed by atoms with E-state index < -0.39 is 5.91 Å². The van der Waals surface area contributed by atoms with Crippen molar-refractivity contribution < 1.29 is 9.59 Å². The van der Waals surface area contributed by atoms with Gasteiger partial charge in [-0.05, 0) is 30.2 Å². The van der Waals surface area contributed by atoms with Crippen LogP contribution in [-0.4, -0.2) is 11.8 Å². The van der Waals surface area contributed by atoms with Crippen LogP contribution in [0.3, 0.4) is 0 Å². The van der Waals surface area contributed by atoms with E-state index in [0.717, 1.165) is 23.3 Å². The lowest BCUT2D eigenvalue weighted by molar-refractivity contribution is -0.115. The second kappa shape index (κ2) is 7.81. The highest BCUT2D eigenvalue weighted by Crippen LogP contribution is 2.29. The summed E-state index contributed by atoms with van der Waals surface area (Å²) in [6, 6.07) is 6.77. The van der Waals surface area contributed by atoms with E-state index in [-0.39, 0.29) is 12.3 Å². The van der Waals surface area contributed by atoms with Crippen molar-refractivity contribution in [2.24, 2.45) is 5.73 Å². The minimum Gasteiger partial charge on any atom is -0.366 e. The summed E-state index contributed by atoms with van der Waals surface area (Å²) in [5.41, 5.74) is 6.46. The van der Waals surface area contributed by atoms with Crippen molar-refractivity contribution >= 4 is 51.4 Å². The largest absolute Gasteiger partial charge is 0.366 e. The molecule has 7 heteroatoms. The molecule has 0 bridgehead atoms. The molecule has 1 aromatic heterocycles. The lowest BCUT2D eigenvalue weighted by atomic mass is 10.1. The fourth-order valence-electron chi connectivity index (χ4n) is 2.09. The van der Waals surface area contributed by atoms with Crippen LogP contribution in [0, 0.1) is 0 Å². The van der Waals surface area contributed by atoms with E-state index in [1.807, 2.05) is 6.92 Å². The smallest absolute Gasteiger partial charge is 0.251 e. The Labute approximate surface area is 148 Å². The first kappa shape index (κ1) is 17.8. The van der Waals surface area contributed by atoms with Gasteiger partial charge in [-0.2, -0.15) is 0 Å². The maximum Gasteiger partial charge on any atom is 0.251 e. The minimum absolute atomic E-state index is 0.135. The molecular weight excluding hydrogens is 355 g/mol. The standard InChI is InChI=1S/C16H16Cl2N2O2S/c1-2-3-10-8-11(15(19)22)16(23-10)20-14(21)7-9-4-5-12(17)13(18)6-9/h4-6,8H,2-3,7H2,1H3,(H2,19,22)(H,20,21). The average molecular weight is 371 g/mol. The van der Waals surface area contributed by atoms with Gasteiger partial charge in [-0.1, -0.05) is 42.6 Å².